The maximum absolute atomic E-state index is 4.17. The third-order valence-corrected chi connectivity index (χ3v) is 2.65. The molecule has 0 fully saturated rings. The minimum atomic E-state index is 0.981. The van der Waals surface area contributed by atoms with Crippen LogP contribution < -0.4 is 5.32 Å². The lowest BCUT2D eigenvalue weighted by molar-refractivity contribution is 0.578. The van der Waals surface area contributed by atoms with Gasteiger partial charge in [-0.15, -0.1) is 5.10 Å². The highest BCUT2D eigenvalue weighted by atomic mass is 15.4. The molecule has 0 saturated carbocycles. The average Bonchev–Trinajstić information content (AvgIpc) is 2.72. The number of unbranched alkanes of at least 4 members (excludes halogenated alkanes) is 3. The van der Waals surface area contributed by atoms with Gasteiger partial charge in [-0.3, -0.25) is 4.68 Å². The Balaban J connectivity index is 2.07. The van der Waals surface area contributed by atoms with Gasteiger partial charge in [-0.1, -0.05) is 25.0 Å². The van der Waals surface area contributed by atoms with Crippen LogP contribution in [0.3, 0.4) is 0 Å². The number of aromatic nitrogens is 3. The first kappa shape index (κ1) is 13.2. The predicted molar refractivity (Wildman–Crippen MR) is 66.4 cm³/mol. The zero-order valence-electron chi connectivity index (χ0n) is 10.6. The molecule has 1 heterocycles. The van der Waals surface area contributed by atoms with Crippen molar-refractivity contribution in [1.29, 1.82) is 0 Å². The van der Waals surface area contributed by atoms with E-state index in [0.29, 0.717) is 0 Å². The highest BCUT2D eigenvalue weighted by molar-refractivity contribution is 4.91. The molecule has 0 unspecified atom stereocenters. The van der Waals surface area contributed by atoms with Gasteiger partial charge in [0.25, 0.3) is 0 Å². The zero-order valence-corrected chi connectivity index (χ0v) is 10.6. The number of rotatable bonds is 9. The summed E-state index contributed by atoms with van der Waals surface area (Å²) in [4.78, 5) is 0. The standard InChI is InChI=1S/C12H24N4/c1-3-10-16-11-12(14-15-16)8-6-4-5-7-9-13-2/h11,13H,3-10H2,1-2H3. The quantitative estimate of drug-likeness (QED) is 0.652. The monoisotopic (exact) mass is 224 g/mol. The SMILES string of the molecule is CCCn1cc(CCCCCCNC)nn1. The first-order valence-corrected chi connectivity index (χ1v) is 6.40. The summed E-state index contributed by atoms with van der Waals surface area (Å²) in [5.41, 5.74) is 1.14. The molecule has 92 valence electrons. The average molecular weight is 224 g/mol. The van der Waals surface area contributed by atoms with Crippen molar-refractivity contribution in [3.8, 4) is 0 Å². The summed E-state index contributed by atoms with van der Waals surface area (Å²) in [5.74, 6) is 0. The fourth-order valence-electron chi connectivity index (χ4n) is 1.75. The molecule has 4 nitrogen and oxygen atoms in total. The van der Waals surface area contributed by atoms with Crippen molar-refractivity contribution in [2.24, 2.45) is 0 Å². The maximum atomic E-state index is 4.17. The fraction of sp³-hybridized carbons (Fsp3) is 0.833. The second-order valence-corrected chi connectivity index (χ2v) is 4.24. The van der Waals surface area contributed by atoms with E-state index in [9.17, 15) is 0 Å². The van der Waals surface area contributed by atoms with Crippen molar-refractivity contribution in [2.75, 3.05) is 13.6 Å². The molecule has 0 saturated heterocycles. The van der Waals surface area contributed by atoms with Gasteiger partial charge in [-0.05, 0) is 39.3 Å². The van der Waals surface area contributed by atoms with Crippen LogP contribution in [0.25, 0.3) is 0 Å². The number of hydrogen-bond acceptors (Lipinski definition) is 3. The Bertz CT molecular complexity index is 270. The van der Waals surface area contributed by atoms with Crippen molar-refractivity contribution in [1.82, 2.24) is 20.3 Å². The molecule has 0 bridgehead atoms. The van der Waals surface area contributed by atoms with Crippen molar-refractivity contribution in [3.05, 3.63) is 11.9 Å². The van der Waals surface area contributed by atoms with E-state index in [0.717, 1.165) is 31.6 Å². The third kappa shape index (κ3) is 5.26. The topological polar surface area (TPSA) is 42.7 Å². The second kappa shape index (κ2) is 8.28. The Hall–Kier alpha value is -0.900. The number of hydrogen-bond donors (Lipinski definition) is 1. The van der Waals surface area contributed by atoms with Crippen molar-refractivity contribution < 1.29 is 0 Å². The second-order valence-electron chi connectivity index (χ2n) is 4.24. The Morgan fingerprint density at radius 3 is 2.81 bits per heavy atom. The highest BCUT2D eigenvalue weighted by Gasteiger charge is 1.99. The van der Waals surface area contributed by atoms with Gasteiger partial charge in [0.2, 0.25) is 0 Å². The first-order valence-electron chi connectivity index (χ1n) is 6.40. The molecule has 1 rings (SSSR count). The van der Waals surface area contributed by atoms with E-state index >= 15 is 0 Å². The summed E-state index contributed by atoms with van der Waals surface area (Å²) in [5, 5.41) is 11.4. The van der Waals surface area contributed by atoms with Gasteiger partial charge in [0.15, 0.2) is 0 Å². The van der Waals surface area contributed by atoms with Crippen LogP contribution in [-0.4, -0.2) is 28.6 Å². The van der Waals surface area contributed by atoms with Crippen LogP contribution in [0.1, 0.15) is 44.7 Å². The molecule has 1 N–H and O–H groups in total. The van der Waals surface area contributed by atoms with Gasteiger partial charge in [0, 0.05) is 12.7 Å². The zero-order chi connectivity index (χ0) is 11.6. The Labute approximate surface area is 98.4 Å². The van der Waals surface area contributed by atoms with E-state index in [1.54, 1.807) is 0 Å². The van der Waals surface area contributed by atoms with Gasteiger partial charge in [-0.25, -0.2) is 0 Å². The van der Waals surface area contributed by atoms with Gasteiger partial charge < -0.3 is 5.32 Å². The molecule has 16 heavy (non-hydrogen) atoms. The first-order chi connectivity index (χ1) is 7.86. The van der Waals surface area contributed by atoms with E-state index < -0.39 is 0 Å². The summed E-state index contributed by atoms with van der Waals surface area (Å²) >= 11 is 0. The van der Waals surface area contributed by atoms with E-state index in [1.165, 1.54) is 25.7 Å². The van der Waals surface area contributed by atoms with Crippen LogP contribution >= 0.6 is 0 Å². The smallest absolute Gasteiger partial charge is 0.0827 e. The summed E-state index contributed by atoms with van der Waals surface area (Å²) in [6.07, 6.45) is 9.38. The summed E-state index contributed by atoms with van der Waals surface area (Å²) in [6, 6.07) is 0. The Kier molecular flexibility index (Phi) is 6.81. The number of nitrogens with zero attached hydrogens (tertiary/aromatic N) is 3. The summed E-state index contributed by atoms with van der Waals surface area (Å²) in [7, 11) is 2.01. The summed E-state index contributed by atoms with van der Waals surface area (Å²) < 4.78 is 1.94. The molecule has 1 aromatic rings. The molecular formula is C12H24N4. The lowest BCUT2D eigenvalue weighted by Gasteiger charge is -1.99. The molecule has 1 aromatic heterocycles. The van der Waals surface area contributed by atoms with E-state index in [4.69, 9.17) is 0 Å². The fourth-order valence-corrected chi connectivity index (χ4v) is 1.75. The minimum absolute atomic E-state index is 0.981. The van der Waals surface area contributed by atoms with Gasteiger partial charge in [0.05, 0.1) is 5.69 Å². The van der Waals surface area contributed by atoms with Crippen molar-refractivity contribution >= 4 is 0 Å². The van der Waals surface area contributed by atoms with Crippen LogP contribution in [0, 0.1) is 0 Å². The van der Waals surface area contributed by atoms with Crippen LogP contribution in [-0.2, 0) is 13.0 Å². The molecule has 0 aromatic carbocycles. The molecule has 0 radical (unpaired) electrons. The Morgan fingerprint density at radius 2 is 2.06 bits per heavy atom. The maximum Gasteiger partial charge on any atom is 0.0827 e. The Morgan fingerprint density at radius 1 is 1.25 bits per heavy atom. The van der Waals surface area contributed by atoms with E-state index in [1.807, 2.05) is 11.7 Å². The minimum Gasteiger partial charge on any atom is -0.320 e. The predicted octanol–water partition coefficient (Wildman–Crippen LogP) is 2.01. The molecule has 0 aliphatic heterocycles. The molecular weight excluding hydrogens is 200 g/mol. The van der Waals surface area contributed by atoms with E-state index in [2.05, 4.69) is 28.7 Å². The summed E-state index contributed by atoms with van der Waals surface area (Å²) in [6.45, 7) is 4.27. The van der Waals surface area contributed by atoms with Crippen LogP contribution in [0.5, 0.6) is 0 Å². The largest absolute Gasteiger partial charge is 0.320 e. The van der Waals surface area contributed by atoms with Crippen LogP contribution in [0.15, 0.2) is 6.20 Å². The van der Waals surface area contributed by atoms with Gasteiger partial charge in [-0.2, -0.15) is 0 Å². The lowest BCUT2D eigenvalue weighted by atomic mass is 10.1. The van der Waals surface area contributed by atoms with E-state index in [-0.39, 0.29) is 0 Å². The number of aryl methyl sites for hydroxylation is 2. The van der Waals surface area contributed by atoms with Gasteiger partial charge >= 0.3 is 0 Å². The molecule has 0 aliphatic rings. The highest BCUT2D eigenvalue weighted by Crippen LogP contribution is 2.05. The molecule has 4 heteroatoms. The number of nitrogens with one attached hydrogen (secondary N) is 1. The van der Waals surface area contributed by atoms with Crippen LogP contribution in [0.2, 0.25) is 0 Å². The molecule has 0 atom stereocenters. The molecule has 0 amide bonds. The van der Waals surface area contributed by atoms with Gasteiger partial charge in [0.1, 0.15) is 0 Å². The van der Waals surface area contributed by atoms with Crippen molar-refractivity contribution in [2.45, 2.75) is 52.0 Å². The molecule has 0 spiro atoms. The molecule has 0 aliphatic carbocycles. The van der Waals surface area contributed by atoms with Crippen molar-refractivity contribution in [3.63, 3.8) is 0 Å². The normalized spacial score (nSPS) is 10.9. The van der Waals surface area contributed by atoms with Crippen LogP contribution in [0.4, 0.5) is 0 Å². The third-order valence-electron chi connectivity index (χ3n) is 2.65. The lowest BCUT2D eigenvalue weighted by Crippen LogP contribution is -2.06.